The molecule has 1 amide bonds. The van der Waals surface area contributed by atoms with Gasteiger partial charge in [-0.15, -0.1) is 11.3 Å². The molecule has 0 aliphatic heterocycles. The summed E-state index contributed by atoms with van der Waals surface area (Å²) in [6.07, 6.45) is 0. The Morgan fingerprint density at radius 3 is 2.57 bits per heavy atom. The summed E-state index contributed by atoms with van der Waals surface area (Å²) >= 11 is 1.68. The van der Waals surface area contributed by atoms with E-state index in [-0.39, 0.29) is 18.6 Å². The summed E-state index contributed by atoms with van der Waals surface area (Å²) in [5, 5.41) is 4.88. The zero-order valence-corrected chi connectivity index (χ0v) is 17.1. The molecule has 0 saturated heterocycles. The van der Waals surface area contributed by atoms with Crippen LogP contribution in [0.4, 0.5) is 0 Å². The third-order valence-electron chi connectivity index (χ3n) is 4.70. The fourth-order valence-corrected chi connectivity index (χ4v) is 3.82. The van der Waals surface area contributed by atoms with Crippen LogP contribution in [0.25, 0.3) is 0 Å². The van der Waals surface area contributed by atoms with Crippen LogP contribution in [0.2, 0.25) is 0 Å². The number of nitrogens with one attached hydrogen (secondary N) is 1. The Labute approximate surface area is 169 Å². The van der Waals surface area contributed by atoms with Crippen LogP contribution in [0.1, 0.15) is 45.2 Å². The van der Waals surface area contributed by atoms with Crippen LogP contribution in [0.5, 0.6) is 0 Å². The van der Waals surface area contributed by atoms with Crippen molar-refractivity contribution in [2.24, 2.45) is 0 Å². The molecule has 28 heavy (non-hydrogen) atoms. The van der Waals surface area contributed by atoms with Crippen molar-refractivity contribution in [3.8, 4) is 0 Å². The molecule has 1 atom stereocenters. The number of rotatable bonds is 7. The van der Waals surface area contributed by atoms with Gasteiger partial charge in [0.1, 0.15) is 0 Å². The number of esters is 1. The SMILES string of the molecule is Cc1cc(C(=O)OCC(=O)N[C@@H](C)c2ccccc2)c(C)n1Cc1cccs1. The molecule has 3 aromatic rings. The number of carbonyl (C=O) groups is 2. The number of aryl methyl sites for hydroxylation is 1. The van der Waals surface area contributed by atoms with E-state index in [1.165, 1.54) is 4.88 Å². The normalized spacial score (nSPS) is 11.8. The van der Waals surface area contributed by atoms with Crippen LogP contribution >= 0.6 is 11.3 Å². The fraction of sp³-hybridized carbons (Fsp3) is 0.273. The topological polar surface area (TPSA) is 60.3 Å². The summed E-state index contributed by atoms with van der Waals surface area (Å²) in [4.78, 5) is 25.8. The van der Waals surface area contributed by atoms with E-state index < -0.39 is 5.97 Å². The van der Waals surface area contributed by atoms with E-state index in [2.05, 4.69) is 16.0 Å². The Morgan fingerprint density at radius 1 is 1.14 bits per heavy atom. The first-order valence-corrected chi connectivity index (χ1v) is 10.0. The summed E-state index contributed by atoms with van der Waals surface area (Å²) in [6, 6.07) is 15.4. The third-order valence-corrected chi connectivity index (χ3v) is 5.56. The maximum absolute atomic E-state index is 12.5. The van der Waals surface area contributed by atoms with Gasteiger partial charge in [0, 0.05) is 16.3 Å². The average Bonchev–Trinajstić information content (AvgIpc) is 3.30. The molecule has 5 nitrogen and oxygen atoms in total. The maximum Gasteiger partial charge on any atom is 0.340 e. The summed E-state index contributed by atoms with van der Waals surface area (Å²) in [5.41, 5.74) is 3.33. The van der Waals surface area contributed by atoms with Gasteiger partial charge in [-0.25, -0.2) is 4.79 Å². The number of ether oxygens (including phenoxy) is 1. The van der Waals surface area contributed by atoms with Gasteiger partial charge in [-0.1, -0.05) is 36.4 Å². The number of hydrogen-bond donors (Lipinski definition) is 1. The van der Waals surface area contributed by atoms with Crippen molar-refractivity contribution < 1.29 is 14.3 Å². The van der Waals surface area contributed by atoms with E-state index in [1.807, 2.05) is 68.6 Å². The van der Waals surface area contributed by atoms with Gasteiger partial charge in [0.25, 0.3) is 5.91 Å². The number of aromatic nitrogens is 1. The van der Waals surface area contributed by atoms with E-state index >= 15 is 0 Å². The van der Waals surface area contributed by atoms with Gasteiger partial charge in [-0.05, 0) is 43.8 Å². The lowest BCUT2D eigenvalue weighted by Crippen LogP contribution is -2.31. The van der Waals surface area contributed by atoms with Crippen molar-refractivity contribution in [2.45, 2.75) is 33.4 Å². The van der Waals surface area contributed by atoms with Crippen LogP contribution in [0.15, 0.2) is 53.9 Å². The van der Waals surface area contributed by atoms with Crippen LogP contribution in [-0.4, -0.2) is 23.1 Å². The lowest BCUT2D eigenvalue weighted by molar-refractivity contribution is -0.124. The highest BCUT2D eigenvalue weighted by Crippen LogP contribution is 2.20. The molecule has 146 valence electrons. The number of nitrogens with zero attached hydrogens (tertiary/aromatic N) is 1. The van der Waals surface area contributed by atoms with Crippen molar-refractivity contribution in [1.82, 2.24) is 9.88 Å². The van der Waals surface area contributed by atoms with Gasteiger partial charge in [0.05, 0.1) is 18.2 Å². The lowest BCUT2D eigenvalue weighted by Gasteiger charge is -2.14. The monoisotopic (exact) mass is 396 g/mol. The van der Waals surface area contributed by atoms with Crippen LogP contribution in [0.3, 0.4) is 0 Å². The molecule has 0 saturated carbocycles. The standard InChI is InChI=1S/C22H24N2O3S/c1-15-12-20(17(3)24(15)13-19-10-7-11-28-19)22(26)27-14-21(25)23-16(2)18-8-5-4-6-9-18/h4-12,16H,13-14H2,1-3H3,(H,23,25)/t16-/m0/s1. The molecule has 0 aliphatic rings. The zero-order valence-electron chi connectivity index (χ0n) is 16.3. The number of carbonyl (C=O) groups excluding carboxylic acids is 2. The predicted molar refractivity (Wildman–Crippen MR) is 111 cm³/mol. The van der Waals surface area contributed by atoms with Gasteiger partial charge >= 0.3 is 5.97 Å². The first-order chi connectivity index (χ1) is 13.5. The van der Waals surface area contributed by atoms with E-state index in [4.69, 9.17) is 4.74 Å². The number of hydrogen-bond acceptors (Lipinski definition) is 4. The molecule has 2 heterocycles. The van der Waals surface area contributed by atoms with Crippen LogP contribution in [-0.2, 0) is 16.1 Å². The van der Waals surface area contributed by atoms with E-state index in [1.54, 1.807) is 11.3 Å². The van der Waals surface area contributed by atoms with Gasteiger partial charge in [-0.2, -0.15) is 0 Å². The number of amides is 1. The first kappa shape index (κ1) is 19.9. The lowest BCUT2D eigenvalue weighted by atomic mass is 10.1. The minimum absolute atomic E-state index is 0.150. The second kappa shape index (κ2) is 8.89. The van der Waals surface area contributed by atoms with Crippen LogP contribution < -0.4 is 5.32 Å². The van der Waals surface area contributed by atoms with Crippen molar-refractivity contribution >= 4 is 23.2 Å². The predicted octanol–water partition coefficient (Wildman–Crippen LogP) is 4.25. The highest BCUT2D eigenvalue weighted by molar-refractivity contribution is 7.09. The molecule has 0 unspecified atom stereocenters. The van der Waals surface area contributed by atoms with Crippen molar-refractivity contribution in [3.05, 3.63) is 81.3 Å². The molecule has 3 rings (SSSR count). The first-order valence-electron chi connectivity index (χ1n) is 9.16. The van der Waals surface area contributed by atoms with Gasteiger partial charge in [0.15, 0.2) is 6.61 Å². The van der Waals surface area contributed by atoms with Gasteiger partial charge in [0.2, 0.25) is 0 Å². The maximum atomic E-state index is 12.5. The van der Waals surface area contributed by atoms with Gasteiger partial charge in [-0.3, -0.25) is 4.79 Å². The Balaban J connectivity index is 1.58. The molecular weight excluding hydrogens is 372 g/mol. The third kappa shape index (κ3) is 4.70. The second-order valence-corrected chi connectivity index (χ2v) is 7.76. The fourth-order valence-electron chi connectivity index (χ4n) is 3.13. The Bertz CT molecular complexity index is 946. The molecule has 0 aliphatic carbocycles. The average molecular weight is 397 g/mol. The molecule has 0 spiro atoms. The highest BCUT2D eigenvalue weighted by atomic mass is 32.1. The molecule has 1 aromatic carbocycles. The summed E-state index contributed by atoms with van der Waals surface area (Å²) in [5.74, 6) is -0.801. The minimum Gasteiger partial charge on any atom is -0.452 e. The summed E-state index contributed by atoms with van der Waals surface area (Å²) < 4.78 is 7.33. The molecule has 0 radical (unpaired) electrons. The molecule has 0 fully saturated rings. The van der Waals surface area contributed by atoms with Crippen LogP contribution in [0, 0.1) is 13.8 Å². The molecule has 1 N–H and O–H groups in total. The molecule has 0 bridgehead atoms. The van der Waals surface area contributed by atoms with Gasteiger partial charge < -0.3 is 14.6 Å². The van der Waals surface area contributed by atoms with E-state index in [9.17, 15) is 9.59 Å². The molecule has 2 aromatic heterocycles. The Hall–Kier alpha value is -2.86. The number of benzene rings is 1. The minimum atomic E-state index is -0.479. The van der Waals surface area contributed by atoms with Crippen molar-refractivity contribution in [2.75, 3.05) is 6.61 Å². The molecular formula is C22H24N2O3S. The number of thiophene rings is 1. The van der Waals surface area contributed by atoms with E-state index in [0.29, 0.717) is 5.56 Å². The quantitative estimate of drug-likeness (QED) is 0.608. The zero-order chi connectivity index (χ0) is 20.1. The highest BCUT2D eigenvalue weighted by Gasteiger charge is 2.19. The largest absolute Gasteiger partial charge is 0.452 e. The second-order valence-electron chi connectivity index (χ2n) is 6.73. The van der Waals surface area contributed by atoms with Crippen molar-refractivity contribution in [3.63, 3.8) is 0 Å². The summed E-state index contributed by atoms with van der Waals surface area (Å²) in [7, 11) is 0. The Kier molecular flexibility index (Phi) is 6.31. The smallest absolute Gasteiger partial charge is 0.340 e. The van der Waals surface area contributed by atoms with Crippen molar-refractivity contribution in [1.29, 1.82) is 0 Å². The summed E-state index contributed by atoms with van der Waals surface area (Å²) in [6.45, 7) is 6.18. The van der Waals surface area contributed by atoms with E-state index in [0.717, 1.165) is 23.5 Å². The molecule has 6 heteroatoms. The Morgan fingerprint density at radius 2 is 1.89 bits per heavy atom.